The molecule has 18 heavy (non-hydrogen) atoms. The van der Waals surface area contributed by atoms with Crippen molar-refractivity contribution in [1.29, 1.82) is 0 Å². The van der Waals surface area contributed by atoms with Gasteiger partial charge in [0.2, 0.25) is 0 Å². The Balaban J connectivity index is 1.79. The third kappa shape index (κ3) is 3.35. The maximum absolute atomic E-state index is 11.7. The van der Waals surface area contributed by atoms with Crippen LogP contribution in [0, 0.1) is 5.92 Å². The molecule has 2 aliphatic rings. The molecule has 1 saturated heterocycles. The van der Waals surface area contributed by atoms with E-state index in [-0.39, 0.29) is 6.03 Å². The molecule has 0 radical (unpaired) electrons. The van der Waals surface area contributed by atoms with Crippen LogP contribution in [0.15, 0.2) is 0 Å². The summed E-state index contributed by atoms with van der Waals surface area (Å²) in [5.74, 6) is -0.232. The molecule has 0 aromatic heterocycles. The van der Waals surface area contributed by atoms with E-state index in [9.17, 15) is 14.7 Å². The molecule has 0 unspecified atom stereocenters. The van der Waals surface area contributed by atoms with E-state index in [1.807, 2.05) is 0 Å². The van der Waals surface area contributed by atoms with Gasteiger partial charge in [0.1, 0.15) is 5.54 Å². The molecule has 1 aliphatic heterocycles. The maximum Gasteiger partial charge on any atom is 0.329 e. The summed E-state index contributed by atoms with van der Waals surface area (Å²) >= 11 is 0. The molecule has 6 nitrogen and oxygen atoms in total. The standard InChI is InChI=1S/C12H20N2O4/c15-10(16)12(4-7-18-8-5-12)14-11(17)13-6-3-9-1-2-9/h9H,1-8H2,(H,15,16)(H2,13,14,17). The van der Waals surface area contributed by atoms with Crippen LogP contribution in [0.4, 0.5) is 4.79 Å². The fourth-order valence-corrected chi connectivity index (χ4v) is 2.17. The maximum atomic E-state index is 11.7. The van der Waals surface area contributed by atoms with Crippen molar-refractivity contribution in [1.82, 2.24) is 10.6 Å². The van der Waals surface area contributed by atoms with Crippen LogP contribution in [0.25, 0.3) is 0 Å². The van der Waals surface area contributed by atoms with E-state index in [0.717, 1.165) is 12.3 Å². The minimum atomic E-state index is -1.16. The van der Waals surface area contributed by atoms with Crippen LogP contribution in [0.5, 0.6) is 0 Å². The Morgan fingerprint density at radius 1 is 1.28 bits per heavy atom. The van der Waals surface area contributed by atoms with Crippen LogP contribution in [0.2, 0.25) is 0 Å². The molecule has 3 N–H and O–H groups in total. The Morgan fingerprint density at radius 3 is 2.50 bits per heavy atom. The summed E-state index contributed by atoms with van der Waals surface area (Å²) in [5.41, 5.74) is -1.16. The normalized spacial score (nSPS) is 22.2. The highest BCUT2D eigenvalue weighted by atomic mass is 16.5. The third-order valence-corrected chi connectivity index (χ3v) is 3.64. The molecule has 0 atom stereocenters. The predicted octanol–water partition coefficient (Wildman–Crippen LogP) is 0.719. The number of carbonyl (C=O) groups excluding carboxylic acids is 1. The lowest BCUT2D eigenvalue weighted by molar-refractivity contribution is -0.148. The van der Waals surface area contributed by atoms with Gasteiger partial charge in [-0.2, -0.15) is 0 Å². The molecule has 0 bridgehead atoms. The van der Waals surface area contributed by atoms with Gasteiger partial charge in [0.05, 0.1) is 0 Å². The fraction of sp³-hybridized carbons (Fsp3) is 0.833. The summed E-state index contributed by atoms with van der Waals surface area (Å²) in [6.45, 7) is 1.35. The summed E-state index contributed by atoms with van der Waals surface area (Å²) in [6.07, 6.45) is 4.12. The zero-order valence-corrected chi connectivity index (χ0v) is 10.4. The molecule has 1 aliphatic carbocycles. The van der Waals surface area contributed by atoms with Crippen molar-refractivity contribution in [3.8, 4) is 0 Å². The summed E-state index contributed by atoms with van der Waals surface area (Å²) in [7, 11) is 0. The van der Waals surface area contributed by atoms with E-state index in [1.54, 1.807) is 0 Å². The van der Waals surface area contributed by atoms with Crippen molar-refractivity contribution in [2.75, 3.05) is 19.8 Å². The van der Waals surface area contributed by atoms with E-state index < -0.39 is 11.5 Å². The Labute approximate surface area is 106 Å². The quantitative estimate of drug-likeness (QED) is 0.676. The van der Waals surface area contributed by atoms with Gasteiger partial charge in [-0.15, -0.1) is 0 Å². The molecular weight excluding hydrogens is 236 g/mol. The second-order valence-electron chi connectivity index (χ2n) is 5.11. The Hall–Kier alpha value is -1.30. The van der Waals surface area contributed by atoms with E-state index in [1.165, 1.54) is 12.8 Å². The Kier molecular flexibility index (Phi) is 4.06. The van der Waals surface area contributed by atoms with Gasteiger partial charge in [-0.05, 0) is 12.3 Å². The van der Waals surface area contributed by atoms with Gasteiger partial charge in [-0.25, -0.2) is 9.59 Å². The van der Waals surface area contributed by atoms with Crippen LogP contribution in [-0.4, -0.2) is 42.4 Å². The first-order chi connectivity index (χ1) is 8.62. The first-order valence-corrected chi connectivity index (χ1v) is 6.49. The average molecular weight is 256 g/mol. The molecule has 2 rings (SSSR count). The van der Waals surface area contributed by atoms with Crippen molar-refractivity contribution in [2.24, 2.45) is 5.92 Å². The van der Waals surface area contributed by atoms with Gasteiger partial charge in [0.15, 0.2) is 0 Å². The number of aliphatic carboxylic acids is 1. The lowest BCUT2D eigenvalue weighted by Crippen LogP contribution is -2.59. The first-order valence-electron chi connectivity index (χ1n) is 6.49. The van der Waals surface area contributed by atoms with Crippen molar-refractivity contribution >= 4 is 12.0 Å². The van der Waals surface area contributed by atoms with Crippen molar-refractivity contribution in [3.63, 3.8) is 0 Å². The van der Waals surface area contributed by atoms with E-state index in [0.29, 0.717) is 32.6 Å². The highest BCUT2D eigenvalue weighted by Gasteiger charge is 2.41. The molecule has 2 fully saturated rings. The fourth-order valence-electron chi connectivity index (χ4n) is 2.17. The number of carboxylic acids is 1. The smallest absolute Gasteiger partial charge is 0.329 e. The number of hydrogen-bond acceptors (Lipinski definition) is 3. The molecule has 102 valence electrons. The van der Waals surface area contributed by atoms with Crippen molar-refractivity contribution < 1.29 is 19.4 Å². The van der Waals surface area contributed by atoms with Crippen LogP contribution in [0.3, 0.4) is 0 Å². The first kappa shape index (κ1) is 13.1. The van der Waals surface area contributed by atoms with Crippen LogP contribution >= 0.6 is 0 Å². The van der Waals surface area contributed by atoms with E-state index in [4.69, 9.17) is 4.74 Å². The zero-order valence-electron chi connectivity index (χ0n) is 10.4. The number of hydrogen-bond donors (Lipinski definition) is 3. The van der Waals surface area contributed by atoms with Crippen LogP contribution in [-0.2, 0) is 9.53 Å². The largest absolute Gasteiger partial charge is 0.480 e. The molecule has 0 aromatic rings. The lowest BCUT2D eigenvalue weighted by Gasteiger charge is -2.33. The van der Waals surface area contributed by atoms with Crippen molar-refractivity contribution in [2.45, 2.75) is 37.6 Å². The second kappa shape index (κ2) is 5.56. The summed E-state index contributed by atoms with van der Waals surface area (Å²) in [5, 5.41) is 14.6. The van der Waals surface area contributed by atoms with Gasteiger partial charge in [-0.1, -0.05) is 12.8 Å². The van der Waals surface area contributed by atoms with Crippen molar-refractivity contribution in [3.05, 3.63) is 0 Å². The third-order valence-electron chi connectivity index (χ3n) is 3.64. The average Bonchev–Trinajstić information content (AvgIpc) is 3.14. The summed E-state index contributed by atoms with van der Waals surface area (Å²) in [4.78, 5) is 23.0. The Bertz CT molecular complexity index is 322. The SMILES string of the molecule is O=C(NCCC1CC1)NC1(C(=O)O)CCOCC1. The molecule has 2 amide bonds. The zero-order chi connectivity index (χ0) is 13.0. The number of carboxylic acid groups (broad SMARTS) is 1. The number of carbonyl (C=O) groups is 2. The van der Waals surface area contributed by atoms with Gasteiger partial charge < -0.3 is 20.5 Å². The Morgan fingerprint density at radius 2 is 1.94 bits per heavy atom. The van der Waals surface area contributed by atoms with E-state index >= 15 is 0 Å². The van der Waals surface area contributed by atoms with Gasteiger partial charge in [0, 0.05) is 32.6 Å². The molecule has 6 heteroatoms. The number of rotatable bonds is 5. The predicted molar refractivity (Wildman–Crippen MR) is 64.3 cm³/mol. The molecule has 0 aromatic carbocycles. The lowest BCUT2D eigenvalue weighted by atomic mass is 9.90. The highest BCUT2D eigenvalue weighted by Crippen LogP contribution is 2.31. The van der Waals surface area contributed by atoms with Gasteiger partial charge in [-0.3, -0.25) is 0 Å². The monoisotopic (exact) mass is 256 g/mol. The molecule has 1 heterocycles. The van der Waals surface area contributed by atoms with Crippen LogP contribution < -0.4 is 10.6 Å². The molecule has 0 spiro atoms. The van der Waals surface area contributed by atoms with Gasteiger partial charge >= 0.3 is 12.0 Å². The number of ether oxygens (including phenoxy) is 1. The minimum Gasteiger partial charge on any atom is -0.480 e. The number of nitrogens with one attached hydrogen (secondary N) is 2. The topological polar surface area (TPSA) is 87.7 Å². The van der Waals surface area contributed by atoms with Crippen LogP contribution in [0.1, 0.15) is 32.1 Å². The summed E-state index contributed by atoms with van der Waals surface area (Å²) < 4.78 is 5.14. The summed E-state index contributed by atoms with van der Waals surface area (Å²) in [6, 6.07) is -0.389. The van der Waals surface area contributed by atoms with E-state index in [2.05, 4.69) is 10.6 Å². The molecular formula is C12H20N2O4. The minimum absolute atomic E-state index is 0.318. The van der Waals surface area contributed by atoms with Gasteiger partial charge in [0.25, 0.3) is 0 Å². The number of amides is 2. The highest BCUT2D eigenvalue weighted by molar-refractivity contribution is 5.86. The second-order valence-corrected chi connectivity index (χ2v) is 5.11. The number of urea groups is 1. The molecule has 1 saturated carbocycles.